The molecule has 0 atom stereocenters. The largest absolute Gasteiger partial charge is 0.342 e. The minimum Gasteiger partial charge on any atom is -0.342 e. The Kier molecular flexibility index (Phi) is 6.67. The fourth-order valence-corrected chi connectivity index (χ4v) is 3.59. The van der Waals surface area contributed by atoms with Crippen molar-refractivity contribution in [3.63, 3.8) is 0 Å². The molecule has 2 aromatic carbocycles. The molecule has 0 heterocycles. The van der Waals surface area contributed by atoms with Crippen LogP contribution in [0.4, 0.5) is 5.69 Å². The van der Waals surface area contributed by atoms with Crippen LogP contribution in [0.3, 0.4) is 0 Å². The lowest BCUT2D eigenvalue weighted by atomic mass is 10.2. The van der Waals surface area contributed by atoms with Crippen molar-refractivity contribution in [1.29, 1.82) is 0 Å². The highest BCUT2D eigenvalue weighted by Crippen LogP contribution is 2.23. The van der Waals surface area contributed by atoms with E-state index in [-0.39, 0.29) is 10.8 Å². The summed E-state index contributed by atoms with van der Waals surface area (Å²) in [5.74, 6) is -0.124. The summed E-state index contributed by atoms with van der Waals surface area (Å²) in [5, 5.41) is 0.487. The van der Waals surface area contributed by atoms with Crippen LogP contribution in [-0.2, 0) is 10.0 Å². The average Bonchev–Trinajstić information content (AvgIpc) is 2.62. The summed E-state index contributed by atoms with van der Waals surface area (Å²) in [4.78, 5) is 14.0. The Labute approximate surface area is 160 Å². The molecule has 5 nitrogen and oxygen atoms in total. The molecular weight excluding hydrogens is 372 g/mol. The molecule has 0 aromatic heterocycles. The quantitative estimate of drug-likeness (QED) is 0.760. The summed E-state index contributed by atoms with van der Waals surface area (Å²) in [5.41, 5.74) is 1.71. The third-order valence-corrected chi connectivity index (χ3v) is 5.83. The molecular formula is C19H23ClN2O3S. The van der Waals surface area contributed by atoms with Crippen LogP contribution in [0.15, 0.2) is 47.4 Å². The van der Waals surface area contributed by atoms with Crippen molar-refractivity contribution in [3.8, 4) is 0 Å². The summed E-state index contributed by atoms with van der Waals surface area (Å²) < 4.78 is 27.5. The number of anilines is 1. The second kappa shape index (κ2) is 8.56. The van der Waals surface area contributed by atoms with Crippen molar-refractivity contribution in [2.45, 2.75) is 31.6 Å². The second-order valence-electron chi connectivity index (χ2n) is 6.17. The van der Waals surface area contributed by atoms with E-state index in [2.05, 4.69) is 11.6 Å². The van der Waals surface area contributed by atoms with Gasteiger partial charge in [-0.05, 0) is 55.3 Å². The highest BCUT2D eigenvalue weighted by atomic mass is 35.5. The molecule has 0 radical (unpaired) electrons. The van der Waals surface area contributed by atoms with Crippen LogP contribution in [0.2, 0.25) is 5.02 Å². The minimum absolute atomic E-state index is 0.0851. The van der Waals surface area contributed by atoms with E-state index in [1.807, 2.05) is 6.92 Å². The molecule has 26 heavy (non-hydrogen) atoms. The maximum absolute atomic E-state index is 12.5. The van der Waals surface area contributed by atoms with Crippen LogP contribution in [0.1, 0.15) is 35.7 Å². The zero-order valence-electron chi connectivity index (χ0n) is 15.1. The van der Waals surface area contributed by atoms with E-state index in [0.29, 0.717) is 22.8 Å². The minimum atomic E-state index is -3.75. The van der Waals surface area contributed by atoms with Gasteiger partial charge in [0.1, 0.15) is 0 Å². The fourth-order valence-electron chi connectivity index (χ4n) is 2.36. The van der Waals surface area contributed by atoms with Crippen LogP contribution < -0.4 is 4.72 Å². The highest BCUT2D eigenvalue weighted by Gasteiger charge is 2.17. The van der Waals surface area contributed by atoms with Crippen molar-refractivity contribution in [2.24, 2.45) is 0 Å². The Bertz CT molecular complexity index is 880. The smallest absolute Gasteiger partial charge is 0.261 e. The molecule has 0 fully saturated rings. The zero-order chi connectivity index (χ0) is 19.3. The van der Waals surface area contributed by atoms with Gasteiger partial charge in [0.15, 0.2) is 0 Å². The predicted octanol–water partition coefficient (Wildman–Crippen LogP) is 4.32. The molecule has 0 aliphatic rings. The summed E-state index contributed by atoms with van der Waals surface area (Å²) >= 11 is 6.03. The van der Waals surface area contributed by atoms with Crippen molar-refractivity contribution in [1.82, 2.24) is 4.90 Å². The van der Waals surface area contributed by atoms with Gasteiger partial charge in [-0.1, -0.05) is 31.0 Å². The molecule has 1 N–H and O–H groups in total. The first-order chi connectivity index (χ1) is 12.2. The lowest BCUT2D eigenvalue weighted by molar-refractivity contribution is 0.0793. The fraction of sp³-hybridized carbons (Fsp3) is 0.316. The van der Waals surface area contributed by atoms with Gasteiger partial charge in [-0.2, -0.15) is 0 Å². The number of rotatable bonds is 7. The van der Waals surface area contributed by atoms with Crippen molar-refractivity contribution in [3.05, 3.63) is 58.6 Å². The van der Waals surface area contributed by atoms with Crippen LogP contribution in [0, 0.1) is 6.92 Å². The monoisotopic (exact) mass is 394 g/mol. The summed E-state index contributed by atoms with van der Waals surface area (Å²) in [7, 11) is -2.01. The number of carbonyl (C=O) groups is 1. The predicted molar refractivity (Wildman–Crippen MR) is 105 cm³/mol. The maximum Gasteiger partial charge on any atom is 0.261 e. The SMILES string of the molecule is CCCCN(C)C(=O)c1ccc(S(=O)(=O)Nc2ccc(C)c(Cl)c2)cc1. The number of amides is 1. The first-order valence-electron chi connectivity index (χ1n) is 8.39. The maximum atomic E-state index is 12.5. The standard InChI is InChI=1S/C19H23ClN2O3S/c1-4-5-12-22(3)19(23)15-7-10-17(11-8-15)26(24,25)21-16-9-6-14(2)18(20)13-16/h6-11,13,21H,4-5,12H2,1-3H3. The average molecular weight is 395 g/mol. The van der Waals surface area contributed by atoms with Crippen molar-refractivity contribution < 1.29 is 13.2 Å². The van der Waals surface area contributed by atoms with Crippen molar-refractivity contribution in [2.75, 3.05) is 18.3 Å². The normalized spacial score (nSPS) is 11.2. The summed E-state index contributed by atoms with van der Waals surface area (Å²) in [6.07, 6.45) is 1.93. The number of sulfonamides is 1. The van der Waals surface area contributed by atoms with Crippen LogP contribution >= 0.6 is 11.6 Å². The van der Waals surface area contributed by atoms with Gasteiger partial charge in [0.2, 0.25) is 0 Å². The first kappa shape index (κ1) is 20.3. The number of hydrogen-bond donors (Lipinski definition) is 1. The van der Waals surface area contributed by atoms with E-state index >= 15 is 0 Å². The molecule has 2 rings (SSSR count). The molecule has 2 aromatic rings. The summed E-state index contributed by atoms with van der Waals surface area (Å²) in [6, 6.07) is 10.9. The number of nitrogens with one attached hydrogen (secondary N) is 1. The van der Waals surface area contributed by atoms with E-state index in [9.17, 15) is 13.2 Å². The zero-order valence-corrected chi connectivity index (χ0v) is 16.7. The number of hydrogen-bond acceptors (Lipinski definition) is 3. The van der Waals surface area contributed by atoms with Crippen LogP contribution in [-0.4, -0.2) is 32.8 Å². The summed E-state index contributed by atoms with van der Waals surface area (Å²) in [6.45, 7) is 4.57. The Morgan fingerprint density at radius 2 is 1.81 bits per heavy atom. The molecule has 0 aliphatic carbocycles. The number of unbranched alkanes of at least 4 members (excludes halogenated alkanes) is 1. The molecule has 1 amide bonds. The van der Waals surface area contributed by atoms with Gasteiger partial charge < -0.3 is 4.90 Å². The lowest BCUT2D eigenvalue weighted by Gasteiger charge is -2.17. The molecule has 0 bridgehead atoms. The van der Waals surface area contributed by atoms with Crippen LogP contribution in [0.25, 0.3) is 0 Å². The number of aryl methyl sites for hydroxylation is 1. The topological polar surface area (TPSA) is 66.5 Å². The van der Waals surface area contributed by atoms with E-state index in [1.54, 1.807) is 30.1 Å². The van der Waals surface area contributed by atoms with Gasteiger partial charge in [-0.15, -0.1) is 0 Å². The molecule has 0 unspecified atom stereocenters. The van der Waals surface area contributed by atoms with E-state index in [0.717, 1.165) is 18.4 Å². The molecule has 0 saturated carbocycles. The Morgan fingerprint density at radius 3 is 2.38 bits per heavy atom. The number of halogens is 1. The van der Waals surface area contributed by atoms with Crippen molar-refractivity contribution >= 4 is 33.2 Å². The first-order valence-corrected chi connectivity index (χ1v) is 10.2. The molecule has 0 saturated heterocycles. The third-order valence-electron chi connectivity index (χ3n) is 4.03. The van der Waals surface area contributed by atoms with E-state index < -0.39 is 10.0 Å². The van der Waals surface area contributed by atoms with Crippen LogP contribution in [0.5, 0.6) is 0 Å². The van der Waals surface area contributed by atoms with Gasteiger partial charge in [-0.25, -0.2) is 8.42 Å². The van der Waals surface area contributed by atoms with Gasteiger partial charge in [0.25, 0.3) is 15.9 Å². The number of carbonyl (C=O) groups excluding carboxylic acids is 1. The van der Waals surface area contributed by atoms with Gasteiger partial charge in [0, 0.05) is 24.2 Å². The molecule has 7 heteroatoms. The van der Waals surface area contributed by atoms with Gasteiger partial charge >= 0.3 is 0 Å². The third kappa shape index (κ3) is 4.99. The highest BCUT2D eigenvalue weighted by molar-refractivity contribution is 7.92. The number of benzene rings is 2. The second-order valence-corrected chi connectivity index (χ2v) is 8.26. The molecule has 140 valence electrons. The van der Waals surface area contributed by atoms with E-state index in [4.69, 9.17) is 11.6 Å². The molecule has 0 spiro atoms. The number of nitrogens with zero attached hydrogens (tertiary/aromatic N) is 1. The Morgan fingerprint density at radius 1 is 1.15 bits per heavy atom. The Hall–Kier alpha value is -2.05. The van der Waals surface area contributed by atoms with E-state index in [1.165, 1.54) is 24.3 Å². The van der Waals surface area contributed by atoms with Gasteiger partial charge in [0.05, 0.1) is 10.6 Å². The van der Waals surface area contributed by atoms with Gasteiger partial charge in [-0.3, -0.25) is 9.52 Å². The Balaban J connectivity index is 2.15. The molecule has 0 aliphatic heterocycles. The lowest BCUT2D eigenvalue weighted by Crippen LogP contribution is -2.27.